The molecule has 1 saturated heterocycles. The monoisotopic (exact) mass is 410 g/mol. The smallest absolute Gasteiger partial charge is 0.266 e. The molecule has 0 atom stereocenters. The van der Waals surface area contributed by atoms with Crippen molar-refractivity contribution in [1.29, 1.82) is 5.26 Å². The van der Waals surface area contributed by atoms with Gasteiger partial charge in [0.2, 0.25) is 23.4 Å². The number of hydrogen-bond donors (Lipinski definition) is 1. The molecule has 10 nitrogen and oxygen atoms in total. The first kappa shape index (κ1) is 19.7. The van der Waals surface area contributed by atoms with Crippen LogP contribution in [0, 0.1) is 24.2 Å². The average molecular weight is 410 g/mol. The molecule has 10 heteroatoms. The van der Waals surface area contributed by atoms with Gasteiger partial charge in [0.1, 0.15) is 6.07 Å². The van der Waals surface area contributed by atoms with E-state index in [1.165, 1.54) is 6.26 Å². The van der Waals surface area contributed by atoms with Crippen LogP contribution in [0.5, 0.6) is 0 Å². The summed E-state index contributed by atoms with van der Waals surface area (Å²) in [5.74, 6) is 2.37. The number of nitrogens with one attached hydrogen (secondary N) is 1. The molecule has 1 aliphatic rings. The minimum atomic E-state index is -0.0649. The Bertz CT molecular complexity index is 1020. The largest absolute Gasteiger partial charge is 0.459 e. The molecule has 1 aliphatic heterocycles. The van der Waals surface area contributed by atoms with Gasteiger partial charge in [0.25, 0.3) is 5.89 Å². The molecule has 0 saturated carbocycles. The Morgan fingerprint density at radius 2 is 2.20 bits per heavy atom. The van der Waals surface area contributed by atoms with Crippen LogP contribution in [0.4, 0.5) is 5.88 Å². The summed E-state index contributed by atoms with van der Waals surface area (Å²) in [5.41, 5.74) is 0.223. The lowest BCUT2D eigenvalue weighted by Gasteiger charge is -2.30. The van der Waals surface area contributed by atoms with Crippen molar-refractivity contribution in [2.45, 2.75) is 32.6 Å². The Morgan fingerprint density at radius 3 is 2.87 bits per heavy atom. The highest BCUT2D eigenvalue weighted by atomic mass is 16.5. The molecule has 0 aromatic carbocycles. The summed E-state index contributed by atoms with van der Waals surface area (Å²) in [5, 5.41) is 16.1. The van der Waals surface area contributed by atoms with Crippen molar-refractivity contribution in [3.05, 3.63) is 35.8 Å². The second-order valence-corrected chi connectivity index (χ2v) is 7.15. The fraction of sp³-hybridized carbons (Fsp3) is 0.450. The first-order valence-electron chi connectivity index (χ1n) is 9.90. The normalized spacial score (nSPS) is 14.6. The van der Waals surface area contributed by atoms with Crippen molar-refractivity contribution in [2.24, 2.45) is 5.92 Å². The van der Waals surface area contributed by atoms with E-state index in [0.29, 0.717) is 62.3 Å². The Morgan fingerprint density at radius 1 is 1.37 bits per heavy atom. The minimum Gasteiger partial charge on any atom is -0.459 e. The predicted octanol–water partition coefficient (Wildman–Crippen LogP) is 2.46. The van der Waals surface area contributed by atoms with Gasteiger partial charge in [-0.1, -0.05) is 5.16 Å². The van der Waals surface area contributed by atoms with Crippen molar-refractivity contribution >= 4 is 11.8 Å². The summed E-state index contributed by atoms with van der Waals surface area (Å²) in [4.78, 5) is 22.8. The van der Waals surface area contributed by atoms with Gasteiger partial charge >= 0.3 is 0 Å². The highest BCUT2D eigenvalue weighted by molar-refractivity contribution is 5.79. The maximum absolute atomic E-state index is 12.5. The lowest BCUT2D eigenvalue weighted by atomic mass is 9.96. The number of amides is 1. The first-order valence-corrected chi connectivity index (χ1v) is 9.90. The highest BCUT2D eigenvalue weighted by Gasteiger charge is 2.29. The number of aryl methyl sites for hydroxylation is 2. The summed E-state index contributed by atoms with van der Waals surface area (Å²) in [6, 6.07) is 5.54. The maximum Gasteiger partial charge on any atom is 0.266 e. The second kappa shape index (κ2) is 8.82. The molecule has 4 heterocycles. The molecule has 4 rings (SSSR count). The number of aromatic nitrogens is 3. The molecule has 0 aliphatic carbocycles. The van der Waals surface area contributed by atoms with E-state index in [2.05, 4.69) is 26.5 Å². The van der Waals surface area contributed by atoms with Crippen molar-refractivity contribution in [2.75, 3.05) is 24.5 Å². The van der Waals surface area contributed by atoms with Crippen molar-refractivity contribution in [1.82, 2.24) is 20.4 Å². The van der Waals surface area contributed by atoms with Crippen molar-refractivity contribution in [3.8, 4) is 17.7 Å². The molecule has 3 aromatic rings. The van der Waals surface area contributed by atoms with E-state index >= 15 is 0 Å². The van der Waals surface area contributed by atoms with Gasteiger partial charge in [0.05, 0.1) is 6.26 Å². The average Bonchev–Trinajstić information content (AvgIpc) is 3.51. The minimum absolute atomic E-state index is 0.0470. The van der Waals surface area contributed by atoms with E-state index < -0.39 is 0 Å². The number of furan rings is 1. The van der Waals surface area contributed by atoms with E-state index in [9.17, 15) is 10.1 Å². The van der Waals surface area contributed by atoms with Gasteiger partial charge in [-0.2, -0.15) is 15.2 Å². The SMILES string of the molecule is Cc1noc(CCCNC(=O)C2CCN(c3oc(-c4ccco4)nc3C#N)CC2)n1. The Balaban J connectivity index is 1.26. The molecule has 30 heavy (non-hydrogen) atoms. The topological polar surface area (TPSA) is 134 Å². The zero-order valence-corrected chi connectivity index (χ0v) is 16.6. The van der Waals surface area contributed by atoms with Gasteiger partial charge < -0.3 is 23.6 Å². The molecule has 0 bridgehead atoms. The number of carbonyl (C=O) groups is 1. The molecule has 0 spiro atoms. The van der Waals surface area contributed by atoms with Gasteiger partial charge in [-0.25, -0.2) is 0 Å². The van der Waals surface area contributed by atoms with E-state index in [1.54, 1.807) is 19.1 Å². The maximum atomic E-state index is 12.5. The molecule has 0 unspecified atom stereocenters. The number of piperidine rings is 1. The van der Waals surface area contributed by atoms with Crippen LogP contribution in [-0.2, 0) is 11.2 Å². The van der Waals surface area contributed by atoms with E-state index in [4.69, 9.17) is 13.4 Å². The van der Waals surface area contributed by atoms with Gasteiger partial charge in [-0.05, 0) is 38.3 Å². The van der Waals surface area contributed by atoms with E-state index in [0.717, 1.165) is 6.42 Å². The van der Waals surface area contributed by atoms with Crippen LogP contribution in [0.25, 0.3) is 11.7 Å². The van der Waals surface area contributed by atoms with E-state index in [-0.39, 0.29) is 23.4 Å². The Kier molecular flexibility index (Phi) is 5.79. The first-order chi connectivity index (χ1) is 14.6. The number of oxazole rings is 1. The molecular formula is C20H22N6O4. The lowest BCUT2D eigenvalue weighted by molar-refractivity contribution is -0.125. The molecule has 1 fully saturated rings. The highest BCUT2D eigenvalue weighted by Crippen LogP contribution is 2.31. The zero-order valence-electron chi connectivity index (χ0n) is 16.6. The third kappa shape index (κ3) is 4.35. The Labute approximate surface area is 172 Å². The second-order valence-electron chi connectivity index (χ2n) is 7.15. The van der Waals surface area contributed by atoms with Gasteiger partial charge in [-0.3, -0.25) is 4.79 Å². The molecule has 1 amide bonds. The molecule has 1 N–H and O–H groups in total. The van der Waals surface area contributed by atoms with Crippen LogP contribution in [-0.4, -0.2) is 40.7 Å². The fourth-order valence-electron chi connectivity index (χ4n) is 3.49. The fourth-order valence-corrected chi connectivity index (χ4v) is 3.49. The van der Waals surface area contributed by atoms with Crippen LogP contribution < -0.4 is 10.2 Å². The molecule has 156 valence electrons. The number of hydrogen-bond acceptors (Lipinski definition) is 9. The number of anilines is 1. The Hall–Kier alpha value is -3.61. The summed E-state index contributed by atoms with van der Waals surface area (Å²) in [7, 11) is 0. The number of rotatable bonds is 7. The van der Waals surface area contributed by atoms with Crippen LogP contribution in [0.2, 0.25) is 0 Å². The summed E-state index contributed by atoms with van der Waals surface area (Å²) < 4.78 is 16.1. The van der Waals surface area contributed by atoms with Gasteiger partial charge in [-0.15, -0.1) is 0 Å². The summed E-state index contributed by atoms with van der Waals surface area (Å²) in [6.07, 6.45) is 4.26. The zero-order chi connectivity index (χ0) is 20.9. The van der Waals surface area contributed by atoms with Gasteiger partial charge in [0, 0.05) is 32.0 Å². The van der Waals surface area contributed by atoms with Crippen LogP contribution in [0.15, 0.2) is 31.8 Å². The van der Waals surface area contributed by atoms with Crippen molar-refractivity contribution < 1.29 is 18.2 Å². The standard InChI is InChI=1S/C20H22N6O4/c1-13-23-17(30-25-13)5-2-8-22-18(27)14-6-9-26(10-7-14)20-15(12-21)24-19(29-20)16-4-3-11-28-16/h3-4,11,14H,2,5-10H2,1H3,(H,22,27). The van der Waals surface area contributed by atoms with Crippen LogP contribution in [0.1, 0.15) is 36.7 Å². The number of nitriles is 1. The molecule has 0 radical (unpaired) electrons. The summed E-state index contributed by atoms with van der Waals surface area (Å²) in [6.45, 7) is 3.56. The van der Waals surface area contributed by atoms with Gasteiger partial charge in [0.15, 0.2) is 11.6 Å². The predicted molar refractivity (Wildman–Crippen MR) is 104 cm³/mol. The van der Waals surface area contributed by atoms with E-state index in [1.807, 2.05) is 4.90 Å². The number of carbonyl (C=O) groups excluding carboxylic acids is 1. The lowest BCUT2D eigenvalue weighted by Crippen LogP contribution is -2.41. The summed E-state index contributed by atoms with van der Waals surface area (Å²) >= 11 is 0. The third-order valence-corrected chi connectivity index (χ3v) is 5.04. The van der Waals surface area contributed by atoms with Crippen LogP contribution >= 0.6 is 0 Å². The number of nitrogens with zero attached hydrogens (tertiary/aromatic N) is 5. The molecular weight excluding hydrogens is 388 g/mol. The van der Waals surface area contributed by atoms with Crippen molar-refractivity contribution in [3.63, 3.8) is 0 Å². The quantitative estimate of drug-likeness (QED) is 0.583. The third-order valence-electron chi connectivity index (χ3n) is 5.04. The van der Waals surface area contributed by atoms with Crippen LogP contribution in [0.3, 0.4) is 0 Å². The molecule has 3 aromatic heterocycles.